The SMILES string of the molecule is COC(=O)c1cc2c(cn1)[nH]c1ccc(NCc3ccc4ccccc4c3)cc12. The van der Waals surface area contributed by atoms with Gasteiger partial charge in [0.15, 0.2) is 0 Å². The molecule has 2 heterocycles. The quantitative estimate of drug-likeness (QED) is 0.416. The van der Waals surface area contributed by atoms with Crippen LogP contribution < -0.4 is 5.32 Å². The van der Waals surface area contributed by atoms with Crippen molar-refractivity contribution < 1.29 is 9.53 Å². The Morgan fingerprint density at radius 3 is 2.66 bits per heavy atom. The lowest BCUT2D eigenvalue weighted by Crippen LogP contribution is -2.03. The van der Waals surface area contributed by atoms with Crippen molar-refractivity contribution >= 4 is 44.2 Å². The normalized spacial score (nSPS) is 11.2. The Bertz CT molecular complexity index is 1370. The molecule has 0 saturated carbocycles. The van der Waals surface area contributed by atoms with Crippen molar-refractivity contribution in [2.75, 3.05) is 12.4 Å². The number of fused-ring (bicyclic) bond motifs is 4. The highest BCUT2D eigenvalue weighted by atomic mass is 16.5. The highest BCUT2D eigenvalue weighted by molar-refractivity contribution is 6.09. The summed E-state index contributed by atoms with van der Waals surface area (Å²) in [5.41, 5.74) is 4.43. The number of nitrogens with zero attached hydrogens (tertiary/aromatic N) is 1. The first-order valence-corrected chi connectivity index (χ1v) is 9.42. The van der Waals surface area contributed by atoms with Gasteiger partial charge in [0.2, 0.25) is 0 Å². The van der Waals surface area contributed by atoms with Crippen LogP contribution in [0, 0.1) is 0 Å². The lowest BCUT2D eigenvalue weighted by Gasteiger charge is -2.08. The molecule has 5 rings (SSSR count). The maximum absolute atomic E-state index is 11.8. The summed E-state index contributed by atoms with van der Waals surface area (Å²) in [7, 11) is 1.36. The molecule has 0 aliphatic rings. The van der Waals surface area contributed by atoms with E-state index in [0.29, 0.717) is 5.69 Å². The lowest BCUT2D eigenvalue weighted by molar-refractivity contribution is 0.0594. The van der Waals surface area contributed by atoms with Crippen molar-refractivity contribution in [3.05, 3.63) is 84.2 Å². The van der Waals surface area contributed by atoms with Crippen LogP contribution >= 0.6 is 0 Å². The maximum Gasteiger partial charge on any atom is 0.356 e. The number of nitrogens with one attached hydrogen (secondary N) is 2. The Morgan fingerprint density at radius 1 is 0.966 bits per heavy atom. The zero-order valence-electron chi connectivity index (χ0n) is 15.9. The number of rotatable bonds is 4. The number of esters is 1. The van der Waals surface area contributed by atoms with Gasteiger partial charge < -0.3 is 15.0 Å². The number of ether oxygens (including phenoxy) is 1. The second kappa shape index (κ2) is 6.95. The van der Waals surface area contributed by atoms with Crippen molar-refractivity contribution in [1.29, 1.82) is 0 Å². The molecule has 0 unspecified atom stereocenters. The molecule has 0 aliphatic carbocycles. The molecule has 0 atom stereocenters. The molecule has 5 heteroatoms. The van der Waals surface area contributed by atoms with E-state index in [2.05, 4.69) is 63.8 Å². The van der Waals surface area contributed by atoms with Crippen LogP contribution in [0.25, 0.3) is 32.6 Å². The standard InChI is InChI=1S/C24H19N3O2/c1-29-24(28)22-12-20-19-11-18(8-9-21(19)27-23(20)14-26-22)25-13-15-6-7-16-4-2-3-5-17(16)10-15/h2-12,14,25,27H,13H2,1H3. The van der Waals surface area contributed by atoms with E-state index in [9.17, 15) is 4.79 Å². The Balaban J connectivity index is 1.46. The number of benzene rings is 3. The molecule has 29 heavy (non-hydrogen) atoms. The van der Waals surface area contributed by atoms with Crippen LogP contribution in [0.5, 0.6) is 0 Å². The Labute approximate surface area is 167 Å². The first-order valence-electron chi connectivity index (χ1n) is 9.42. The number of hydrogen-bond acceptors (Lipinski definition) is 4. The Morgan fingerprint density at radius 2 is 1.79 bits per heavy atom. The van der Waals surface area contributed by atoms with Gasteiger partial charge in [-0.2, -0.15) is 0 Å². The fourth-order valence-corrected chi connectivity index (χ4v) is 3.68. The fourth-order valence-electron chi connectivity index (χ4n) is 3.68. The third kappa shape index (κ3) is 3.17. The topological polar surface area (TPSA) is 67.0 Å². The second-order valence-corrected chi connectivity index (χ2v) is 7.03. The van der Waals surface area contributed by atoms with E-state index in [1.54, 1.807) is 12.3 Å². The zero-order chi connectivity index (χ0) is 19.8. The van der Waals surface area contributed by atoms with Gasteiger partial charge in [0.05, 0.1) is 18.8 Å². The predicted octanol–water partition coefficient (Wildman–Crippen LogP) is 5.27. The first-order chi connectivity index (χ1) is 14.2. The number of H-pyrrole nitrogens is 1. The molecule has 0 saturated heterocycles. The molecule has 5 aromatic rings. The van der Waals surface area contributed by atoms with Gasteiger partial charge in [0.1, 0.15) is 5.69 Å². The van der Waals surface area contributed by atoms with Gasteiger partial charge in [-0.25, -0.2) is 9.78 Å². The van der Waals surface area contributed by atoms with Crippen LogP contribution in [0.1, 0.15) is 16.1 Å². The summed E-state index contributed by atoms with van der Waals surface area (Å²) >= 11 is 0. The molecular formula is C24H19N3O2. The molecule has 142 valence electrons. The van der Waals surface area contributed by atoms with Crippen LogP contribution in [0.15, 0.2) is 72.9 Å². The van der Waals surface area contributed by atoms with E-state index < -0.39 is 5.97 Å². The number of carbonyl (C=O) groups excluding carboxylic acids is 1. The van der Waals surface area contributed by atoms with Crippen LogP contribution in [-0.2, 0) is 11.3 Å². The average Bonchev–Trinajstić information content (AvgIpc) is 3.14. The van der Waals surface area contributed by atoms with Gasteiger partial charge in [-0.05, 0) is 46.7 Å². The van der Waals surface area contributed by atoms with E-state index in [4.69, 9.17) is 4.74 Å². The van der Waals surface area contributed by atoms with Crippen molar-refractivity contribution in [3.8, 4) is 0 Å². The number of aromatic amines is 1. The lowest BCUT2D eigenvalue weighted by atomic mass is 10.1. The monoisotopic (exact) mass is 381 g/mol. The van der Waals surface area contributed by atoms with E-state index in [1.165, 1.54) is 23.4 Å². The van der Waals surface area contributed by atoms with Crippen LogP contribution in [-0.4, -0.2) is 23.0 Å². The third-order valence-electron chi connectivity index (χ3n) is 5.19. The molecular weight excluding hydrogens is 362 g/mol. The number of hydrogen-bond donors (Lipinski definition) is 2. The molecule has 2 aromatic heterocycles. The largest absolute Gasteiger partial charge is 0.464 e. The molecule has 0 aliphatic heterocycles. The van der Waals surface area contributed by atoms with Gasteiger partial charge >= 0.3 is 5.97 Å². The summed E-state index contributed by atoms with van der Waals surface area (Å²) in [5.74, 6) is -0.438. The molecule has 0 amide bonds. The summed E-state index contributed by atoms with van der Waals surface area (Å²) in [5, 5.41) is 7.97. The van der Waals surface area contributed by atoms with Gasteiger partial charge in [-0.1, -0.05) is 36.4 Å². The number of carbonyl (C=O) groups is 1. The maximum atomic E-state index is 11.8. The summed E-state index contributed by atoms with van der Waals surface area (Å²) in [4.78, 5) is 19.3. The number of methoxy groups -OCH3 is 1. The summed E-state index contributed by atoms with van der Waals surface area (Å²) in [6.07, 6.45) is 1.67. The minimum atomic E-state index is -0.438. The van der Waals surface area contributed by atoms with Crippen molar-refractivity contribution in [1.82, 2.24) is 9.97 Å². The van der Waals surface area contributed by atoms with E-state index in [-0.39, 0.29) is 0 Å². The fraction of sp³-hybridized carbons (Fsp3) is 0.0833. The number of aromatic nitrogens is 2. The van der Waals surface area contributed by atoms with Crippen LogP contribution in [0.4, 0.5) is 5.69 Å². The van der Waals surface area contributed by atoms with Crippen molar-refractivity contribution in [2.24, 2.45) is 0 Å². The summed E-state index contributed by atoms with van der Waals surface area (Å²) in [6.45, 7) is 0.730. The summed E-state index contributed by atoms with van der Waals surface area (Å²) in [6, 6.07) is 22.8. The third-order valence-corrected chi connectivity index (χ3v) is 5.19. The number of anilines is 1. The van der Waals surface area contributed by atoms with Crippen LogP contribution in [0.3, 0.4) is 0 Å². The second-order valence-electron chi connectivity index (χ2n) is 7.03. The Hall–Kier alpha value is -3.86. The molecule has 0 fully saturated rings. The molecule has 0 bridgehead atoms. The van der Waals surface area contributed by atoms with Gasteiger partial charge in [-0.15, -0.1) is 0 Å². The zero-order valence-corrected chi connectivity index (χ0v) is 15.9. The molecule has 0 radical (unpaired) electrons. The molecule has 0 spiro atoms. The molecule has 5 nitrogen and oxygen atoms in total. The van der Waals surface area contributed by atoms with Crippen LogP contribution in [0.2, 0.25) is 0 Å². The number of pyridine rings is 1. The highest BCUT2D eigenvalue weighted by Crippen LogP contribution is 2.28. The predicted molar refractivity (Wildman–Crippen MR) is 116 cm³/mol. The van der Waals surface area contributed by atoms with E-state index in [1.807, 2.05) is 12.1 Å². The average molecular weight is 381 g/mol. The molecule has 2 N–H and O–H groups in total. The van der Waals surface area contributed by atoms with Crippen molar-refractivity contribution in [2.45, 2.75) is 6.54 Å². The first kappa shape index (κ1) is 17.3. The molecule has 3 aromatic carbocycles. The highest BCUT2D eigenvalue weighted by Gasteiger charge is 2.11. The van der Waals surface area contributed by atoms with Gasteiger partial charge in [0.25, 0.3) is 0 Å². The van der Waals surface area contributed by atoms with Gasteiger partial charge in [0, 0.05) is 28.5 Å². The van der Waals surface area contributed by atoms with Crippen molar-refractivity contribution in [3.63, 3.8) is 0 Å². The minimum Gasteiger partial charge on any atom is -0.464 e. The Kier molecular flexibility index (Phi) is 4.13. The minimum absolute atomic E-state index is 0.301. The summed E-state index contributed by atoms with van der Waals surface area (Å²) < 4.78 is 4.79. The van der Waals surface area contributed by atoms with E-state index >= 15 is 0 Å². The van der Waals surface area contributed by atoms with Gasteiger partial charge in [-0.3, -0.25) is 0 Å². The smallest absolute Gasteiger partial charge is 0.356 e. The van der Waals surface area contributed by atoms with E-state index in [0.717, 1.165) is 34.0 Å².